The number of furan rings is 1. The molecule has 3 aliphatic rings. The molecule has 6 atom stereocenters. The minimum atomic E-state index is -3.52. The van der Waals surface area contributed by atoms with Crippen LogP contribution in [0.1, 0.15) is 81.9 Å². The van der Waals surface area contributed by atoms with Crippen LogP contribution < -0.4 is 0 Å². The summed E-state index contributed by atoms with van der Waals surface area (Å²) in [4.78, 5) is 0.423. The number of fused-ring (bicyclic) bond motifs is 5. The predicted molar refractivity (Wildman–Crippen MR) is 129 cm³/mol. The Balaban J connectivity index is 1.62. The second-order valence-corrected chi connectivity index (χ2v) is 21.9. The minimum absolute atomic E-state index is 0.0957. The van der Waals surface area contributed by atoms with E-state index in [0.717, 1.165) is 33.2 Å². The van der Waals surface area contributed by atoms with Crippen LogP contribution in [0.4, 0.5) is 0 Å². The van der Waals surface area contributed by atoms with Crippen LogP contribution in [0.3, 0.4) is 0 Å². The molecule has 33 heavy (non-hydrogen) atoms. The summed E-state index contributed by atoms with van der Waals surface area (Å²) in [6.07, 6.45) is 6.99. The van der Waals surface area contributed by atoms with E-state index in [-0.39, 0.29) is 22.2 Å². The molecule has 2 aromatic rings. The van der Waals surface area contributed by atoms with Gasteiger partial charge in [0, 0.05) is 0 Å². The van der Waals surface area contributed by atoms with Crippen molar-refractivity contribution in [3.63, 3.8) is 0 Å². The Morgan fingerprint density at radius 2 is 1.70 bits per heavy atom. The Kier molecular flexibility index (Phi) is 5.98. The molecule has 5 rings (SSSR count). The van der Waals surface area contributed by atoms with Gasteiger partial charge < -0.3 is 0 Å². The second-order valence-electron chi connectivity index (χ2n) is 12.1. The van der Waals surface area contributed by atoms with Crippen molar-refractivity contribution in [2.45, 2.75) is 85.7 Å². The van der Waals surface area contributed by atoms with Crippen LogP contribution in [0.25, 0.3) is 0 Å². The summed E-state index contributed by atoms with van der Waals surface area (Å²) in [5.41, 5.74) is 2.19. The molecule has 3 nitrogen and oxygen atoms in total. The average Bonchev–Trinajstić information content (AvgIpc) is 3.24. The van der Waals surface area contributed by atoms with E-state index >= 15 is 0 Å². The molecule has 0 spiro atoms. The van der Waals surface area contributed by atoms with E-state index in [1.807, 2.05) is 25.1 Å². The third-order valence-corrected chi connectivity index (χ3v) is 22.7. The van der Waals surface area contributed by atoms with Gasteiger partial charge in [-0.2, -0.15) is 0 Å². The maximum absolute atomic E-state index is 14.0. The van der Waals surface area contributed by atoms with Crippen LogP contribution in [-0.2, 0) is 38.6 Å². The molecule has 0 unspecified atom stereocenters. The molecule has 0 saturated heterocycles. The zero-order valence-electron chi connectivity index (χ0n) is 20.5. The van der Waals surface area contributed by atoms with Gasteiger partial charge in [-0.25, -0.2) is 0 Å². The number of rotatable bonds is 3. The van der Waals surface area contributed by atoms with Gasteiger partial charge in [0.2, 0.25) is 0 Å². The number of hydrogen-bond donors (Lipinski definition) is 0. The van der Waals surface area contributed by atoms with E-state index in [1.54, 1.807) is 18.4 Å². The van der Waals surface area contributed by atoms with E-state index in [4.69, 9.17) is 12.7 Å². The van der Waals surface area contributed by atoms with Crippen LogP contribution in [-0.4, -0.2) is 8.42 Å². The van der Waals surface area contributed by atoms with Crippen LogP contribution in [0, 0.1) is 29.6 Å². The molecular weight excluding hydrogens is 640 g/mol. The third-order valence-electron chi connectivity index (χ3n) is 10.2. The average molecular weight is 676 g/mol. The molecule has 2 saturated carbocycles. The van der Waals surface area contributed by atoms with Gasteiger partial charge in [0.25, 0.3) is 0 Å². The molecule has 6 heteroatoms. The molecule has 3 aliphatic carbocycles. The van der Waals surface area contributed by atoms with E-state index in [9.17, 15) is 8.42 Å². The van der Waals surface area contributed by atoms with E-state index < -0.39 is 38.4 Å². The first-order valence-corrected chi connectivity index (χ1v) is 23.9. The van der Waals surface area contributed by atoms with Gasteiger partial charge in [0.05, 0.1) is 0 Å². The van der Waals surface area contributed by atoms with E-state index in [0.29, 0.717) is 17.2 Å². The fourth-order valence-electron chi connectivity index (χ4n) is 8.27. The Hall–Kier alpha value is -0.325. The molecule has 0 aliphatic heterocycles. The summed E-state index contributed by atoms with van der Waals surface area (Å²) >= 11 is -1.39. The Morgan fingerprint density at radius 1 is 1.00 bits per heavy atom. The van der Waals surface area contributed by atoms with Crippen LogP contribution in [0.15, 0.2) is 45.9 Å². The zero-order valence-corrected chi connectivity index (χ0v) is 27.6. The van der Waals surface area contributed by atoms with Crippen molar-refractivity contribution in [3.8, 4) is 0 Å². The molecule has 0 radical (unpaired) electrons. The van der Waals surface area contributed by atoms with Crippen molar-refractivity contribution < 1.29 is 36.2 Å². The molecular formula is C27H35ClHgO3S. The number of sulfone groups is 1. The maximum atomic E-state index is 14.0. The van der Waals surface area contributed by atoms with E-state index in [2.05, 4.69) is 27.7 Å². The van der Waals surface area contributed by atoms with Gasteiger partial charge in [-0.05, 0) is 6.92 Å². The monoisotopic (exact) mass is 676 g/mol. The summed E-state index contributed by atoms with van der Waals surface area (Å²) in [5.74, 6) is 1.79. The normalized spacial score (nSPS) is 37.4. The summed E-state index contributed by atoms with van der Waals surface area (Å²) in [5, 5.41) is -0.545. The van der Waals surface area contributed by atoms with Gasteiger partial charge in [-0.3, -0.25) is 0 Å². The molecule has 0 amide bonds. The van der Waals surface area contributed by atoms with Gasteiger partial charge in [-0.1, -0.05) is 0 Å². The summed E-state index contributed by atoms with van der Waals surface area (Å²) in [7, 11) is 3.13. The topological polar surface area (TPSA) is 47.3 Å². The van der Waals surface area contributed by atoms with Crippen molar-refractivity contribution in [3.05, 3.63) is 53.5 Å². The molecule has 1 aromatic heterocycles. The fourth-order valence-corrected chi connectivity index (χ4v) is 19.0. The quantitative estimate of drug-likeness (QED) is 0.315. The van der Waals surface area contributed by atoms with Gasteiger partial charge in [0.15, 0.2) is 0 Å². The van der Waals surface area contributed by atoms with Crippen molar-refractivity contribution >= 4 is 18.1 Å². The van der Waals surface area contributed by atoms with Crippen molar-refractivity contribution in [2.75, 3.05) is 0 Å². The molecule has 1 aromatic carbocycles. The zero-order chi connectivity index (χ0) is 23.8. The van der Waals surface area contributed by atoms with Crippen molar-refractivity contribution in [2.24, 2.45) is 22.7 Å². The standard InChI is InChI=1S/C27H35O3S.ClH.Hg/c1-18-7-9-19(10-8-18)31(28,29)21-17-23-26(4)14-6-13-25(2,3)22(26)11-15-27(23,5)24-20(21)12-16-30-24;;/h7-10,12-13,16,21-23H,6,11,14-15,17H2,1-5H3;1H;/q;;+1/p-1/t21-,22+,23+,26+,27-;;/m1../s1. The summed E-state index contributed by atoms with van der Waals surface area (Å²) in [6.45, 7) is 11.7. The van der Waals surface area contributed by atoms with E-state index in [1.165, 1.54) is 12.8 Å². The predicted octanol–water partition coefficient (Wildman–Crippen LogP) is 7.64. The number of hydrogen-bond acceptors (Lipinski definition) is 3. The van der Waals surface area contributed by atoms with Crippen molar-refractivity contribution in [1.29, 1.82) is 0 Å². The van der Waals surface area contributed by atoms with Crippen LogP contribution in [0.5, 0.6) is 0 Å². The SMILES string of the molecule is Cc1ccc(S(=O)(=O)[C@@H]2C[C@H]3[C@@]4(C)CC[C@H]([Hg][Cl])C(C)(C)[C@@H]4CC[C@@]3(C)c3occc32)cc1. The fraction of sp³-hybridized carbons (Fsp3) is 0.630. The Labute approximate surface area is 214 Å². The number of aryl methyl sites for hydroxylation is 1. The van der Waals surface area contributed by atoms with Crippen molar-refractivity contribution in [1.82, 2.24) is 0 Å². The van der Waals surface area contributed by atoms with Crippen LogP contribution >= 0.6 is 8.25 Å². The van der Waals surface area contributed by atoms with Gasteiger partial charge in [0.1, 0.15) is 0 Å². The van der Waals surface area contributed by atoms with Crippen LogP contribution in [0.2, 0.25) is 3.43 Å². The molecule has 0 bridgehead atoms. The second kappa shape index (κ2) is 8.10. The first-order chi connectivity index (χ1) is 15.5. The molecule has 2 fully saturated rings. The number of benzene rings is 1. The molecule has 0 N–H and O–H groups in total. The summed E-state index contributed by atoms with van der Waals surface area (Å²) < 4.78 is 34.8. The first kappa shape index (κ1) is 24.4. The first-order valence-electron chi connectivity index (χ1n) is 12.4. The Morgan fingerprint density at radius 3 is 2.36 bits per heavy atom. The third kappa shape index (κ3) is 3.47. The number of halogens is 1. The van der Waals surface area contributed by atoms with Gasteiger partial charge in [-0.15, -0.1) is 0 Å². The molecule has 176 valence electrons. The molecule has 1 heterocycles. The Bertz CT molecular complexity index is 1150. The van der Waals surface area contributed by atoms with Gasteiger partial charge >= 0.3 is 209 Å². The summed E-state index contributed by atoms with van der Waals surface area (Å²) in [6, 6.07) is 9.26.